The molecule has 0 spiro atoms. The predicted molar refractivity (Wildman–Crippen MR) is 86.5 cm³/mol. The van der Waals surface area contributed by atoms with Crippen LogP contribution in [0.1, 0.15) is 43.4 Å². The Hall–Kier alpha value is -0.910. The number of carbonyl (C=O) groups is 1. The van der Waals surface area contributed by atoms with Gasteiger partial charge in [-0.15, -0.1) is 11.3 Å². The number of thiophene rings is 1. The number of ether oxygens (including phenoxy) is 1. The van der Waals surface area contributed by atoms with Crippen molar-refractivity contribution in [3.63, 3.8) is 0 Å². The molecule has 1 aliphatic rings. The van der Waals surface area contributed by atoms with Gasteiger partial charge in [-0.1, -0.05) is 6.07 Å². The number of rotatable bonds is 8. The Morgan fingerprint density at radius 3 is 2.90 bits per heavy atom. The van der Waals surface area contributed by atoms with Gasteiger partial charge in [0.15, 0.2) is 0 Å². The SMILES string of the molecule is NC1CCC(OCCNC(=O)CCCc2cccs2)CC1. The van der Waals surface area contributed by atoms with Crippen LogP contribution < -0.4 is 11.1 Å². The number of aryl methyl sites for hydroxylation is 1. The fraction of sp³-hybridized carbons (Fsp3) is 0.688. The van der Waals surface area contributed by atoms with Crippen molar-refractivity contribution in [1.29, 1.82) is 0 Å². The fourth-order valence-corrected chi connectivity index (χ4v) is 3.39. The highest BCUT2D eigenvalue weighted by atomic mass is 32.1. The molecule has 0 unspecified atom stereocenters. The molecule has 0 aliphatic heterocycles. The minimum absolute atomic E-state index is 0.126. The Labute approximate surface area is 131 Å². The van der Waals surface area contributed by atoms with Crippen LogP contribution in [-0.2, 0) is 16.0 Å². The molecule has 1 saturated carbocycles. The Kier molecular flexibility index (Phi) is 7.19. The van der Waals surface area contributed by atoms with Crippen LogP contribution in [0.5, 0.6) is 0 Å². The lowest BCUT2D eigenvalue weighted by Crippen LogP contribution is -2.33. The smallest absolute Gasteiger partial charge is 0.220 e. The average molecular weight is 310 g/mol. The maximum Gasteiger partial charge on any atom is 0.220 e. The van der Waals surface area contributed by atoms with Crippen molar-refractivity contribution in [3.05, 3.63) is 22.4 Å². The highest BCUT2D eigenvalue weighted by molar-refractivity contribution is 7.09. The van der Waals surface area contributed by atoms with Crippen molar-refractivity contribution in [2.75, 3.05) is 13.2 Å². The standard InChI is InChI=1S/C16H26N2O2S/c17-13-6-8-14(9-7-13)20-11-10-18-16(19)5-1-3-15-4-2-12-21-15/h2,4,12-14H,1,3,5-11,17H2,(H,18,19). The monoisotopic (exact) mass is 310 g/mol. The molecule has 3 N–H and O–H groups in total. The van der Waals surface area contributed by atoms with E-state index in [0.717, 1.165) is 38.5 Å². The molecule has 21 heavy (non-hydrogen) atoms. The van der Waals surface area contributed by atoms with Crippen LogP contribution in [-0.4, -0.2) is 31.2 Å². The molecule has 118 valence electrons. The van der Waals surface area contributed by atoms with E-state index in [1.807, 2.05) is 0 Å². The molecule has 1 fully saturated rings. The normalized spacial score (nSPS) is 22.1. The van der Waals surface area contributed by atoms with Crippen molar-refractivity contribution < 1.29 is 9.53 Å². The molecule has 4 nitrogen and oxygen atoms in total. The van der Waals surface area contributed by atoms with Crippen LogP contribution in [0.2, 0.25) is 0 Å². The summed E-state index contributed by atoms with van der Waals surface area (Å²) in [4.78, 5) is 13.0. The number of nitrogens with two attached hydrogens (primary N) is 1. The van der Waals surface area contributed by atoms with E-state index in [-0.39, 0.29) is 5.91 Å². The van der Waals surface area contributed by atoms with Gasteiger partial charge in [0.2, 0.25) is 5.91 Å². The van der Waals surface area contributed by atoms with Crippen molar-refractivity contribution in [1.82, 2.24) is 5.32 Å². The maximum absolute atomic E-state index is 11.7. The van der Waals surface area contributed by atoms with E-state index < -0.39 is 0 Å². The van der Waals surface area contributed by atoms with Gasteiger partial charge >= 0.3 is 0 Å². The van der Waals surface area contributed by atoms with Gasteiger partial charge in [0.1, 0.15) is 0 Å². The van der Waals surface area contributed by atoms with Crippen LogP contribution in [0.25, 0.3) is 0 Å². The van der Waals surface area contributed by atoms with Gasteiger partial charge in [-0.25, -0.2) is 0 Å². The highest BCUT2D eigenvalue weighted by Gasteiger charge is 2.18. The van der Waals surface area contributed by atoms with Gasteiger partial charge in [0, 0.05) is 23.9 Å². The van der Waals surface area contributed by atoms with Crippen molar-refractivity contribution in [2.45, 2.75) is 57.1 Å². The van der Waals surface area contributed by atoms with Gasteiger partial charge in [-0.3, -0.25) is 4.79 Å². The van der Waals surface area contributed by atoms with Gasteiger partial charge in [0.25, 0.3) is 0 Å². The minimum atomic E-state index is 0.126. The zero-order valence-corrected chi connectivity index (χ0v) is 13.4. The van der Waals surface area contributed by atoms with E-state index in [1.165, 1.54) is 4.88 Å². The molecule has 2 rings (SSSR count). The molecular formula is C16H26N2O2S. The molecule has 1 aliphatic carbocycles. The first-order chi connectivity index (χ1) is 10.2. The lowest BCUT2D eigenvalue weighted by Gasteiger charge is -2.26. The Morgan fingerprint density at radius 1 is 1.38 bits per heavy atom. The first-order valence-electron chi connectivity index (χ1n) is 7.90. The summed E-state index contributed by atoms with van der Waals surface area (Å²) in [5.41, 5.74) is 5.86. The van der Waals surface area contributed by atoms with Gasteiger partial charge in [-0.2, -0.15) is 0 Å². The number of hydrogen-bond donors (Lipinski definition) is 2. The lowest BCUT2D eigenvalue weighted by atomic mass is 9.94. The van der Waals surface area contributed by atoms with E-state index in [0.29, 0.717) is 31.7 Å². The zero-order valence-electron chi connectivity index (χ0n) is 12.6. The van der Waals surface area contributed by atoms with Gasteiger partial charge < -0.3 is 15.8 Å². The number of carbonyl (C=O) groups excluding carboxylic acids is 1. The number of nitrogens with one attached hydrogen (secondary N) is 1. The third kappa shape index (κ3) is 6.59. The number of hydrogen-bond acceptors (Lipinski definition) is 4. The van der Waals surface area contributed by atoms with Crippen molar-refractivity contribution in [2.24, 2.45) is 5.73 Å². The molecule has 1 heterocycles. The highest BCUT2D eigenvalue weighted by Crippen LogP contribution is 2.19. The van der Waals surface area contributed by atoms with Crippen LogP contribution in [0.15, 0.2) is 17.5 Å². The summed E-state index contributed by atoms with van der Waals surface area (Å²) < 4.78 is 5.78. The quantitative estimate of drug-likeness (QED) is 0.725. The van der Waals surface area contributed by atoms with Crippen LogP contribution in [0.4, 0.5) is 0 Å². The van der Waals surface area contributed by atoms with Gasteiger partial charge in [-0.05, 0) is 50.0 Å². The molecule has 1 aromatic rings. The molecule has 0 saturated heterocycles. The first kappa shape index (κ1) is 16.5. The summed E-state index contributed by atoms with van der Waals surface area (Å²) in [5.74, 6) is 0.126. The van der Waals surface area contributed by atoms with E-state index in [2.05, 4.69) is 22.8 Å². The second-order valence-corrected chi connectivity index (χ2v) is 6.72. The van der Waals surface area contributed by atoms with Crippen LogP contribution in [0.3, 0.4) is 0 Å². The second-order valence-electron chi connectivity index (χ2n) is 5.69. The summed E-state index contributed by atoms with van der Waals surface area (Å²) in [7, 11) is 0. The Morgan fingerprint density at radius 2 is 2.19 bits per heavy atom. The third-order valence-corrected chi connectivity index (χ3v) is 4.84. The Balaban J connectivity index is 1.45. The summed E-state index contributed by atoms with van der Waals surface area (Å²) >= 11 is 1.75. The minimum Gasteiger partial charge on any atom is -0.376 e. The third-order valence-electron chi connectivity index (χ3n) is 3.90. The summed E-state index contributed by atoms with van der Waals surface area (Å²) in [5, 5.41) is 5.00. The lowest BCUT2D eigenvalue weighted by molar-refractivity contribution is -0.121. The van der Waals surface area contributed by atoms with Crippen LogP contribution >= 0.6 is 11.3 Å². The van der Waals surface area contributed by atoms with Crippen molar-refractivity contribution >= 4 is 17.2 Å². The first-order valence-corrected chi connectivity index (χ1v) is 8.78. The number of amides is 1. The molecule has 1 aromatic heterocycles. The topological polar surface area (TPSA) is 64.3 Å². The summed E-state index contributed by atoms with van der Waals surface area (Å²) in [6.45, 7) is 1.22. The van der Waals surface area contributed by atoms with E-state index in [4.69, 9.17) is 10.5 Å². The van der Waals surface area contributed by atoms with E-state index in [1.54, 1.807) is 11.3 Å². The van der Waals surface area contributed by atoms with Crippen molar-refractivity contribution in [3.8, 4) is 0 Å². The van der Waals surface area contributed by atoms with E-state index in [9.17, 15) is 4.79 Å². The molecule has 0 atom stereocenters. The fourth-order valence-electron chi connectivity index (χ4n) is 2.64. The molecule has 5 heteroatoms. The molecule has 1 amide bonds. The zero-order chi connectivity index (χ0) is 14.9. The molecular weight excluding hydrogens is 284 g/mol. The summed E-state index contributed by atoms with van der Waals surface area (Å²) in [6, 6.07) is 4.52. The second kappa shape index (κ2) is 9.18. The van der Waals surface area contributed by atoms with Crippen LogP contribution in [0, 0.1) is 0 Å². The average Bonchev–Trinajstić information content (AvgIpc) is 2.99. The maximum atomic E-state index is 11.7. The predicted octanol–water partition coefficient (Wildman–Crippen LogP) is 2.47. The van der Waals surface area contributed by atoms with Gasteiger partial charge in [0.05, 0.1) is 12.7 Å². The Bertz CT molecular complexity index is 400. The molecule has 0 bridgehead atoms. The summed E-state index contributed by atoms with van der Waals surface area (Å²) in [6.07, 6.45) is 7.04. The van der Waals surface area contributed by atoms with E-state index >= 15 is 0 Å². The molecule has 0 radical (unpaired) electrons. The molecule has 0 aromatic carbocycles. The largest absolute Gasteiger partial charge is 0.376 e.